The second kappa shape index (κ2) is 4.51. The minimum atomic E-state index is 0.310. The average molecular weight is 174 g/mol. The van der Waals surface area contributed by atoms with Gasteiger partial charge in [-0.25, -0.2) is 0 Å². The predicted molar refractivity (Wildman–Crippen MR) is 55.9 cm³/mol. The van der Waals surface area contributed by atoms with Gasteiger partial charge < -0.3 is 5.11 Å². The molecule has 0 bridgehead atoms. The summed E-state index contributed by atoms with van der Waals surface area (Å²) in [6.45, 7) is 7.37. The number of benzene rings is 1. The molecule has 0 aliphatic heterocycles. The van der Waals surface area contributed by atoms with Gasteiger partial charge in [-0.1, -0.05) is 18.2 Å². The monoisotopic (exact) mass is 174 g/mol. The summed E-state index contributed by atoms with van der Waals surface area (Å²) < 4.78 is 0. The smallest absolute Gasteiger partial charge is 0.115 e. The molecule has 0 radical (unpaired) electrons. The van der Waals surface area contributed by atoms with E-state index in [4.69, 9.17) is 0 Å². The van der Waals surface area contributed by atoms with Crippen molar-refractivity contribution >= 4 is 0 Å². The van der Waals surface area contributed by atoms with Crippen LogP contribution in [0.25, 0.3) is 0 Å². The molecular formula is C12H14O. The van der Waals surface area contributed by atoms with Gasteiger partial charge in [-0.05, 0) is 36.1 Å². The maximum atomic E-state index is 9.27. The van der Waals surface area contributed by atoms with Gasteiger partial charge in [0.1, 0.15) is 5.75 Å². The lowest BCUT2D eigenvalue weighted by molar-refractivity contribution is 0.474. The van der Waals surface area contributed by atoms with E-state index in [9.17, 15) is 5.11 Å². The minimum absolute atomic E-state index is 0.310. The number of aromatic hydroxyl groups is 1. The molecule has 0 aliphatic rings. The first kappa shape index (κ1) is 9.59. The van der Waals surface area contributed by atoms with Crippen molar-refractivity contribution in [1.82, 2.24) is 0 Å². The van der Waals surface area contributed by atoms with Crippen LogP contribution in [0.5, 0.6) is 5.75 Å². The van der Waals surface area contributed by atoms with E-state index in [0.29, 0.717) is 5.75 Å². The number of allylic oxidation sites excluding steroid dienone is 2. The topological polar surface area (TPSA) is 20.2 Å². The highest BCUT2D eigenvalue weighted by Gasteiger charge is 2.00. The summed E-state index contributed by atoms with van der Waals surface area (Å²) in [5.41, 5.74) is 2.32. The van der Waals surface area contributed by atoms with Gasteiger partial charge in [-0.2, -0.15) is 0 Å². The molecule has 1 nitrogen and oxygen atoms in total. The Kier molecular flexibility index (Phi) is 3.32. The summed E-state index contributed by atoms with van der Waals surface area (Å²) in [4.78, 5) is 0. The largest absolute Gasteiger partial charge is 0.508 e. The van der Waals surface area contributed by atoms with Gasteiger partial charge in [0.2, 0.25) is 0 Å². The Balaban J connectivity index is 3.01. The zero-order valence-corrected chi connectivity index (χ0v) is 7.66. The quantitative estimate of drug-likeness (QED) is 0.696. The normalized spacial score (nSPS) is 9.54. The van der Waals surface area contributed by atoms with Crippen LogP contribution in [0, 0.1) is 0 Å². The van der Waals surface area contributed by atoms with E-state index < -0.39 is 0 Å². The Morgan fingerprint density at radius 2 is 1.69 bits per heavy atom. The SMILES string of the molecule is C=CCc1ccc(O)cc1CC=C. The number of hydrogen-bond donors (Lipinski definition) is 1. The third-order valence-corrected chi connectivity index (χ3v) is 1.92. The molecule has 68 valence electrons. The Morgan fingerprint density at radius 3 is 2.31 bits per heavy atom. The summed E-state index contributed by atoms with van der Waals surface area (Å²) >= 11 is 0. The molecule has 0 unspecified atom stereocenters. The maximum absolute atomic E-state index is 9.27. The van der Waals surface area contributed by atoms with Gasteiger partial charge in [-0.3, -0.25) is 0 Å². The predicted octanol–water partition coefficient (Wildman–Crippen LogP) is 2.85. The fourth-order valence-corrected chi connectivity index (χ4v) is 1.31. The Bertz CT molecular complexity index is 313. The highest BCUT2D eigenvalue weighted by Crippen LogP contribution is 2.18. The molecule has 1 aromatic carbocycles. The molecule has 0 spiro atoms. The summed E-state index contributed by atoms with van der Waals surface area (Å²) in [7, 11) is 0. The van der Waals surface area contributed by atoms with Crippen LogP contribution in [0.4, 0.5) is 0 Å². The maximum Gasteiger partial charge on any atom is 0.115 e. The highest BCUT2D eigenvalue weighted by molar-refractivity contribution is 5.36. The van der Waals surface area contributed by atoms with E-state index in [1.807, 2.05) is 18.2 Å². The molecule has 13 heavy (non-hydrogen) atoms. The van der Waals surface area contributed by atoms with Crippen LogP contribution in [0.15, 0.2) is 43.5 Å². The van der Waals surface area contributed by atoms with Crippen LogP contribution in [-0.2, 0) is 12.8 Å². The van der Waals surface area contributed by atoms with Crippen molar-refractivity contribution < 1.29 is 5.11 Å². The first-order valence-corrected chi connectivity index (χ1v) is 4.30. The Labute approximate surface area is 79.0 Å². The third kappa shape index (κ3) is 2.48. The third-order valence-electron chi connectivity index (χ3n) is 1.92. The molecule has 0 atom stereocenters. The number of phenols is 1. The molecule has 1 heteroatoms. The van der Waals surface area contributed by atoms with E-state index in [1.54, 1.807) is 12.1 Å². The second-order valence-corrected chi connectivity index (χ2v) is 2.94. The molecular weight excluding hydrogens is 160 g/mol. The molecule has 0 heterocycles. The zero-order chi connectivity index (χ0) is 9.68. The highest BCUT2D eigenvalue weighted by atomic mass is 16.3. The second-order valence-electron chi connectivity index (χ2n) is 2.94. The minimum Gasteiger partial charge on any atom is -0.508 e. The lowest BCUT2D eigenvalue weighted by Crippen LogP contribution is -1.90. The van der Waals surface area contributed by atoms with Crippen molar-refractivity contribution in [1.29, 1.82) is 0 Å². The van der Waals surface area contributed by atoms with Gasteiger partial charge in [0.05, 0.1) is 0 Å². The van der Waals surface area contributed by atoms with Crippen molar-refractivity contribution in [2.45, 2.75) is 12.8 Å². The van der Waals surface area contributed by atoms with Gasteiger partial charge in [-0.15, -0.1) is 13.2 Å². The molecule has 0 fully saturated rings. The van der Waals surface area contributed by atoms with Crippen molar-refractivity contribution in [2.75, 3.05) is 0 Å². The summed E-state index contributed by atoms with van der Waals surface area (Å²) in [6, 6.07) is 5.40. The van der Waals surface area contributed by atoms with Crippen molar-refractivity contribution in [3.8, 4) is 5.75 Å². The van der Waals surface area contributed by atoms with Crippen LogP contribution >= 0.6 is 0 Å². The summed E-state index contributed by atoms with van der Waals surface area (Å²) in [6.07, 6.45) is 5.32. The van der Waals surface area contributed by atoms with E-state index in [1.165, 1.54) is 5.56 Å². The molecule has 0 amide bonds. The fourth-order valence-electron chi connectivity index (χ4n) is 1.31. The fraction of sp³-hybridized carbons (Fsp3) is 0.167. The van der Waals surface area contributed by atoms with Crippen molar-refractivity contribution in [3.63, 3.8) is 0 Å². The van der Waals surface area contributed by atoms with E-state index >= 15 is 0 Å². The first-order valence-electron chi connectivity index (χ1n) is 4.30. The van der Waals surface area contributed by atoms with Crippen LogP contribution in [-0.4, -0.2) is 5.11 Å². The van der Waals surface area contributed by atoms with E-state index in [2.05, 4.69) is 13.2 Å². The summed E-state index contributed by atoms with van der Waals surface area (Å²) in [5, 5.41) is 9.27. The number of phenolic OH excluding ortho intramolecular Hbond substituents is 1. The van der Waals surface area contributed by atoms with Crippen molar-refractivity contribution in [3.05, 3.63) is 54.6 Å². The van der Waals surface area contributed by atoms with Gasteiger partial charge in [0.25, 0.3) is 0 Å². The lowest BCUT2D eigenvalue weighted by Gasteiger charge is -2.05. The van der Waals surface area contributed by atoms with Crippen molar-refractivity contribution in [2.24, 2.45) is 0 Å². The molecule has 1 aromatic rings. The lowest BCUT2D eigenvalue weighted by atomic mass is 10.0. The van der Waals surface area contributed by atoms with Crippen LogP contribution in [0.3, 0.4) is 0 Å². The summed E-state index contributed by atoms with van der Waals surface area (Å²) in [5.74, 6) is 0.310. The van der Waals surface area contributed by atoms with Crippen LogP contribution < -0.4 is 0 Å². The number of rotatable bonds is 4. The van der Waals surface area contributed by atoms with E-state index in [-0.39, 0.29) is 0 Å². The Hall–Kier alpha value is -1.50. The van der Waals surface area contributed by atoms with E-state index in [0.717, 1.165) is 18.4 Å². The van der Waals surface area contributed by atoms with Crippen LogP contribution in [0.1, 0.15) is 11.1 Å². The molecule has 1 N–H and O–H groups in total. The molecule has 1 rings (SSSR count). The van der Waals surface area contributed by atoms with Gasteiger partial charge >= 0.3 is 0 Å². The molecule has 0 aromatic heterocycles. The van der Waals surface area contributed by atoms with Crippen LogP contribution in [0.2, 0.25) is 0 Å². The first-order chi connectivity index (χ1) is 6.27. The molecule has 0 aliphatic carbocycles. The number of hydrogen-bond acceptors (Lipinski definition) is 1. The Morgan fingerprint density at radius 1 is 1.08 bits per heavy atom. The van der Waals surface area contributed by atoms with Gasteiger partial charge in [0, 0.05) is 0 Å². The molecule has 0 saturated heterocycles. The zero-order valence-electron chi connectivity index (χ0n) is 7.66. The molecule has 0 saturated carbocycles. The average Bonchev–Trinajstić information content (AvgIpc) is 2.10. The van der Waals surface area contributed by atoms with Gasteiger partial charge in [0.15, 0.2) is 0 Å². The standard InChI is InChI=1S/C12H14O/c1-3-5-10-7-8-12(13)9-11(10)6-4-2/h3-4,7-9,13H,1-2,5-6H2.